The average Bonchev–Trinajstić information content (AvgIpc) is 2.32. The van der Waals surface area contributed by atoms with Crippen molar-refractivity contribution in [1.29, 1.82) is 0 Å². The van der Waals surface area contributed by atoms with Gasteiger partial charge in [-0.15, -0.1) is 0 Å². The van der Waals surface area contributed by atoms with E-state index in [2.05, 4.69) is 14.2 Å². The lowest BCUT2D eigenvalue weighted by Crippen LogP contribution is -2.26. The van der Waals surface area contributed by atoms with Crippen molar-refractivity contribution in [2.45, 2.75) is 6.42 Å². The van der Waals surface area contributed by atoms with Gasteiger partial charge in [0.25, 0.3) is 0 Å². The summed E-state index contributed by atoms with van der Waals surface area (Å²) < 4.78 is 13.2. The summed E-state index contributed by atoms with van der Waals surface area (Å²) in [5, 5.41) is 0. The third-order valence-corrected chi connectivity index (χ3v) is 1.80. The van der Waals surface area contributed by atoms with Gasteiger partial charge in [0, 0.05) is 6.08 Å². The van der Waals surface area contributed by atoms with Gasteiger partial charge >= 0.3 is 17.9 Å². The molecule has 0 aromatic heterocycles. The average molecular weight is 230 g/mol. The van der Waals surface area contributed by atoms with Crippen molar-refractivity contribution in [3.63, 3.8) is 0 Å². The Bertz CT molecular complexity index is 278. The highest BCUT2D eigenvalue weighted by Gasteiger charge is 2.27. The molecule has 0 heterocycles. The van der Waals surface area contributed by atoms with Crippen LogP contribution < -0.4 is 0 Å². The zero-order chi connectivity index (χ0) is 12.6. The normalized spacial score (nSPS) is 10.2. The number of ether oxygens (including phenoxy) is 3. The molecule has 16 heavy (non-hydrogen) atoms. The monoisotopic (exact) mass is 230 g/mol. The number of allylic oxidation sites excluding steroid dienone is 1. The van der Waals surface area contributed by atoms with Crippen LogP contribution in [-0.4, -0.2) is 39.2 Å². The molecule has 6 heteroatoms. The predicted octanol–water partition coefficient (Wildman–Crippen LogP) is 0.0679. The Labute approximate surface area is 93.2 Å². The first-order valence-electron chi connectivity index (χ1n) is 4.47. The predicted molar refractivity (Wildman–Crippen MR) is 53.3 cm³/mol. The van der Waals surface area contributed by atoms with Gasteiger partial charge in [-0.05, 0) is 6.42 Å². The molecule has 0 spiro atoms. The van der Waals surface area contributed by atoms with E-state index in [1.807, 2.05) is 0 Å². The summed E-state index contributed by atoms with van der Waals surface area (Å²) >= 11 is 0. The van der Waals surface area contributed by atoms with Crippen molar-refractivity contribution < 1.29 is 28.6 Å². The summed E-state index contributed by atoms with van der Waals surface area (Å²) in [6.07, 6.45) is 2.50. The van der Waals surface area contributed by atoms with E-state index in [4.69, 9.17) is 0 Å². The van der Waals surface area contributed by atoms with Crippen molar-refractivity contribution in [2.24, 2.45) is 5.92 Å². The van der Waals surface area contributed by atoms with E-state index in [1.54, 1.807) is 0 Å². The first-order chi connectivity index (χ1) is 7.56. The molecule has 0 amide bonds. The molecule has 0 atom stereocenters. The summed E-state index contributed by atoms with van der Waals surface area (Å²) in [6.45, 7) is 0. The lowest BCUT2D eigenvalue weighted by Gasteiger charge is -2.09. The van der Waals surface area contributed by atoms with Gasteiger partial charge < -0.3 is 14.2 Å². The molecule has 0 fully saturated rings. The minimum Gasteiger partial charge on any atom is -0.468 e. The van der Waals surface area contributed by atoms with E-state index in [-0.39, 0.29) is 6.42 Å². The number of hydrogen-bond acceptors (Lipinski definition) is 6. The van der Waals surface area contributed by atoms with E-state index in [1.165, 1.54) is 27.4 Å². The van der Waals surface area contributed by atoms with E-state index >= 15 is 0 Å². The van der Waals surface area contributed by atoms with Gasteiger partial charge in [0.2, 0.25) is 0 Å². The van der Waals surface area contributed by atoms with Crippen molar-refractivity contribution in [2.75, 3.05) is 21.3 Å². The highest BCUT2D eigenvalue weighted by molar-refractivity contribution is 5.95. The SMILES string of the molecule is COC(=O)/C=C/CC(C(=O)OC)C(=O)OC. The molecule has 0 rings (SSSR count). The van der Waals surface area contributed by atoms with Gasteiger partial charge in [0.1, 0.15) is 0 Å². The number of hydrogen-bond donors (Lipinski definition) is 0. The maximum Gasteiger partial charge on any atom is 0.330 e. The molecule has 0 aromatic carbocycles. The molecule has 0 saturated carbocycles. The van der Waals surface area contributed by atoms with Gasteiger partial charge in [0.05, 0.1) is 21.3 Å². The fourth-order valence-electron chi connectivity index (χ4n) is 0.942. The Kier molecular flexibility index (Phi) is 6.58. The van der Waals surface area contributed by atoms with Crippen LogP contribution in [0.5, 0.6) is 0 Å². The maximum absolute atomic E-state index is 11.2. The first kappa shape index (κ1) is 14.2. The van der Waals surface area contributed by atoms with Crippen LogP contribution in [0.1, 0.15) is 6.42 Å². The first-order valence-corrected chi connectivity index (χ1v) is 4.47. The number of carbonyl (C=O) groups excluding carboxylic acids is 3. The van der Waals surface area contributed by atoms with Crippen LogP contribution in [0.15, 0.2) is 12.2 Å². The fraction of sp³-hybridized carbons (Fsp3) is 0.500. The molecule has 90 valence electrons. The van der Waals surface area contributed by atoms with Gasteiger partial charge in [-0.25, -0.2) is 4.79 Å². The standard InChI is InChI=1S/C10H14O6/c1-14-8(11)6-4-5-7(9(12)15-2)10(13)16-3/h4,6-7H,5H2,1-3H3/b6-4+. The molecule has 0 bridgehead atoms. The largest absolute Gasteiger partial charge is 0.468 e. The van der Waals surface area contributed by atoms with E-state index in [9.17, 15) is 14.4 Å². The van der Waals surface area contributed by atoms with Gasteiger partial charge in [-0.1, -0.05) is 6.08 Å². The molecule has 0 aliphatic heterocycles. The Morgan fingerprint density at radius 3 is 1.88 bits per heavy atom. The lowest BCUT2D eigenvalue weighted by molar-refractivity contribution is -0.158. The van der Waals surface area contributed by atoms with Crippen LogP contribution >= 0.6 is 0 Å². The molecule has 0 aliphatic rings. The molecule has 0 aromatic rings. The van der Waals surface area contributed by atoms with Crippen LogP contribution in [0.3, 0.4) is 0 Å². The maximum atomic E-state index is 11.2. The van der Waals surface area contributed by atoms with Crippen LogP contribution in [0, 0.1) is 5.92 Å². The second kappa shape index (κ2) is 7.44. The van der Waals surface area contributed by atoms with Gasteiger partial charge in [-0.2, -0.15) is 0 Å². The molecular weight excluding hydrogens is 216 g/mol. The third-order valence-electron chi connectivity index (χ3n) is 1.80. The lowest BCUT2D eigenvalue weighted by atomic mass is 10.1. The molecule has 0 unspecified atom stereocenters. The Balaban J connectivity index is 4.44. The minimum atomic E-state index is -1.06. The van der Waals surface area contributed by atoms with E-state index in [0.29, 0.717) is 0 Å². The minimum absolute atomic E-state index is 0.0223. The summed E-state index contributed by atoms with van der Waals surface area (Å²) in [5.74, 6) is -3.04. The summed E-state index contributed by atoms with van der Waals surface area (Å²) in [7, 11) is 3.56. The van der Waals surface area contributed by atoms with Gasteiger partial charge in [-0.3, -0.25) is 9.59 Å². The number of methoxy groups -OCH3 is 3. The van der Waals surface area contributed by atoms with Crippen LogP contribution in [-0.2, 0) is 28.6 Å². The number of rotatable bonds is 5. The molecular formula is C10H14O6. The highest BCUT2D eigenvalue weighted by atomic mass is 16.5. The summed E-state index contributed by atoms with van der Waals surface area (Å²) in [4.78, 5) is 33.1. The van der Waals surface area contributed by atoms with Crippen molar-refractivity contribution >= 4 is 17.9 Å². The zero-order valence-corrected chi connectivity index (χ0v) is 9.39. The quantitative estimate of drug-likeness (QED) is 0.288. The van der Waals surface area contributed by atoms with Crippen molar-refractivity contribution in [3.05, 3.63) is 12.2 Å². The fourth-order valence-corrected chi connectivity index (χ4v) is 0.942. The van der Waals surface area contributed by atoms with Crippen molar-refractivity contribution in [3.8, 4) is 0 Å². The van der Waals surface area contributed by atoms with E-state index in [0.717, 1.165) is 6.08 Å². The Hall–Kier alpha value is -1.85. The van der Waals surface area contributed by atoms with E-state index < -0.39 is 23.8 Å². The topological polar surface area (TPSA) is 78.9 Å². The van der Waals surface area contributed by atoms with Crippen LogP contribution in [0.25, 0.3) is 0 Å². The third kappa shape index (κ3) is 4.59. The van der Waals surface area contributed by atoms with Crippen LogP contribution in [0.2, 0.25) is 0 Å². The highest BCUT2D eigenvalue weighted by Crippen LogP contribution is 2.08. The second-order valence-corrected chi connectivity index (χ2v) is 2.76. The second-order valence-electron chi connectivity index (χ2n) is 2.76. The van der Waals surface area contributed by atoms with Gasteiger partial charge in [0.15, 0.2) is 5.92 Å². The molecule has 0 aliphatic carbocycles. The van der Waals surface area contributed by atoms with Crippen molar-refractivity contribution in [1.82, 2.24) is 0 Å². The molecule has 0 N–H and O–H groups in total. The number of carbonyl (C=O) groups is 3. The molecule has 0 radical (unpaired) electrons. The summed E-state index contributed by atoms with van der Waals surface area (Å²) in [5.41, 5.74) is 0. The molecule has 0 saturated heterocycles. The number of esters is 3. The smallest absolute Gasteiger partial charge is 0.330 e. The van der Waals surface area contributed by atoms with Crippen LogP contribution in [0.4, 0.5) is 0 Å². The Morgan fingerprint density at radius 2 is 1.50 bits per heavy atom. The molecule has 6 nitrogen and oxygen atoms in total. The summed E-state index contributed by atoms with van der Waals surface area (Å²) in [6, 6.07) is 0. The Morgan fingerprint density at radius 1 is 1.00 bits per heavy atom. The zero-order valence-electron chi connectivity index (χ0n) is 9.39.